The van der Waals surface area contributed by atoms with E-state index in [1.807, 2.05) is 0 Å². The second-order valence-corrected chi connectivity index (χ2v) is 2.16. The summed E-state index contributed by atoms with van der Waals surface area (Å²) in [6.07, 6.45) is 4.92. The largest absolute Gasteiger partial charge is 0.435 e. The third-order valence-electron chi connectivity index (χ3n) is 1.32. The Morgan fingerprint density at radius 3 is 2.54 bits per heavy atom. The van der Waals surface area contributed by atoms with Gasteiger partial charge in [-0.15, -0.1) is 6.42 Å². The van der Waals surface area contributed by atoms with Gasteiger partial charge in [0.1, 0.15) is 11.6 Å². The number of halogens is 3. The standard InChI is InChI=1S/C9H5F3O/c1-2-6-3-4-7(5-8(6)10)13-9(11)12/h1,3-5,9H. The summed E-state index contributed by atoms with van der Waals surface area (Å²) in [5.74, 6) is 1.06. The van der Waals surface area contributed by atoms with Crippen LogP contribution in [0.4, 0.5) is 13.2 Å². The highest BCUT2D eigenvalue weighted by Crippen LogP contribution is 2.17. The molecule has 0 aliphatic carbocycles. The van der Waals surface area contributed by atoms with Crippen LogP contribution in [0.15, 0.2) is 18.2 Å². The van der Waals surface area contributed by atoms with Crippen molar-refractivity contribution < 1.29 is 17.9 Å². The third kappa shape index (κ3) is 2.41. The Labute approximate surface area is 73.1 Å². The summed E-state index contributed by atoms with van der Waals surface area (Å²) >= 11 is 0. The van der Waals surface area contributed by atoms with Gasteiger partial charge in [-0.05, 0) is 12.1 Å². The molecule has 0 spiro atoms. The van der Waals surface area contributed by atoms with Crippen molar-refractivity contribution in [3.63, 3.8) is 0 Å². The molecular formula is C9H5F3O. The first kappa shape index (κ1) is 9.46. The van der Waals surface area contributed by atoms with Crippen molar-refractivity contribution in [3.8, 4) is 18.1 Å². The van der Waals surface area contributed by atoms with Crippen LogP contribution in [-0.4, -0.2) is 6.61 Å². The van der Waals surface area contributed by atoms with E-state index in [1.165, 1.54) is 12.1 Å². The summed E-state index contributed by atoms with van der Waals surface area (Å²) in [7, 11) is 0. The van der Waals surface area contributed by atoms with Crippen molar-refractivity contribution in [1.29, 1.82) is 0 Å². The van der Waals surface area contributed by atoms with Gasteiger partial charge in [0.15, 0.2) is 0 Å². The van der Waals surface area contributed by atoms with Crippen LogP contribution in [0.25, 0.3) is 0 Å². The SMILES string of the molecule is C#Cc1ccc(OC(F)F)cc1F. The molecule has 1 nitrogen and oxygen atoms in total. The molecule has 0 aliphatic rings. The van der Waals surface area contributed by atoms with Gasteiger partial charge in [-0.2, -0.15) is 8.78 Å². The Balaban J connectivity index is 2.91. The zero-order valence-corrected chi connectivity index (χ0v) is 6.43. The van der Waals surface area contributed by atoms with Crippen molar-refractivity contribution in [3.05, 3.63) is 29.6 Å². The van der Waals surface area contributed by atoms with Gasteiger partial charge < -0.3 is 4.74 Å². The van der Waals surface area contributed by atoms with E-state index in [9.17, 15) is 13.2 Å². The quantitative estimate of drug-likeness (QED) is 0.644. The molecule has 0 N–H and O–H groups in total. The van der Waals surface area contributed by atoms with Crippen LogP contribution < -0.4 is 4.74 Å². The van der Waals surface area contributed by atoms with Gasteiger partial charge >= 0.3 is 6.61 Å². The maximum Gasteiger partial charge on any atom is 0.387 e. The van der Waals surface area contributed by atoms with Crippen molar-refractivity contribution in [2.75, 3.05) is 0 Å². The van der Waals surface area contributed by atoms with E-state index in [4.69, 9.17) is 6.42 Å². The Morgan fingerprint density at radius 2 is 2.08 bits per heavy atom. The maximum absolute atomic E-state index is 12.8. The van der Waals surface area contributed by atoms with Gasteiger partial charge in [0, 0.05) is 6.07 Å². The molecule has 0 fully saturated rings. The van der Waals surface area contributed by atoms with Crippen molar-refractivity contribution >= 4 is 0 Å². The molecule has 0 radical (unpaired) electrons. The number of rotatable bonds is 2. The van der Waals surface area contributed by atoms with Crippen molar-refractivity contribution in [1.82, 2.24) is 0 Å². The second-order valence-electron chi connectivity index (χ2n) is 2.16. The zero-order chi connectivity index (χ0) is 9.84. The van der Waals surface area contributed by atoms with E-state index in [0.717, 1.165) is 6.07 Å². The average molecular weight is 186 g/mol. The van der Waals surface area contributed by atoms with Gasteiger partial charge in [0.25, 0.3) is 0 Å². The van der Waals surface area contributed by atoms with Gasteiger partial charge in [0.2, 0.25) is 0 Å². The summed E-state index contributed by atoms with van der Waals surface area (Å²) in [6.45, 7) is -2.96. The van der Waals surface area contributed by atoms with Gasteiger partial charge in [-0.1, -0.05) is 5.92 Å². The summed E-state index contributed by atoms with van der Waals surface area (Å²) in [5, 5.41) is 0. The monoisotopic (exact) mass is 186 g/mol. The molecule has 1 aromatic rings. The van der Waals surface area contributed by atoms with E-state index in [1.54, 1.807) is 0 Å². The summed E-state index contributed by atoms with van der Waals surface area (Å²) < 4.78 is 40.1. The number of terminal acetylenes is 1. The Morgan fingerprint density at radius 1 is 1.38 bits per heavy atom. The molecule has 1 rings (SSSR count). The lowest BCUT2D eigenvalue weighted by Gasteiger charge is -2.04. The zero-order valence-electron chi connectivity index (χ0n) is 6.43. The van der Waals surface area contributed by atoms with Crippen LogP contribution in [0, 0.1) is 18.2 Å². The first-order valence-corrected chi connectivity index (χ1v) is 3.34. The van der Waals surface area contributed by atoms with E-state index in [2.05, 4.69) is 10.7 Å². The third-order valence-corrected chi connectivity index (χ3v) is 1.32. The molecule has 0 bridgehead atoms. The maximum atomic E-state index is 12.8. The molecule has 0 unspecified atom stereocenters. The van der Waals surface area contributed by atoms with Gasteiger partial charge in [-0.25, -0.2) is 4.39 Å². The molecule has 0 amide bonds. The predicted molar refractivity (Wildman–Crippen MR) is 41.0 cm³/mol. The number of hydrogen-bond acceptors (Lipinski definition) is 1. The molecule has 0 heterocycles. The van der Waals surface area contributed by atoms with Crippen molar-refractivity contribution in [2.45, 2.75) is 6.61 Å². The van der Waals surface area contributed by atoms with Crippen LogP contribution in [0.3, 0.4) is 0 Å². The van der Waals surface area contributed by atoms with Crippen LogP contribution in [0.2, 0.25) is 0 Å². The minimum absolute atomic E-state index is 0.0154. The van der Waals surface area contributed by atoms with Crippen LogP contribution in [0.5, 0.6) is 5.75 Å². The molecule has 4 heteroatoms. The molecule has 1 aromatic carbocycles. The normalized spacial score (nSPS) is 9.77. The fourth-order valence-corrected chi connectivity index (χ4v) is 0.789. The molecule has 0 aromatic heterocycles. The molecule has 0 atom stereocenters. The molecule has 68 valence electrons. The topological polar surface area (TPSA) is 9.23 Å². The summed E-state index contributed by atoms with van der Waals surface area (Å²) in [6, 6.07) is 3.21. The fourth-order valence-electron chi connectivity index (χ4n) is 0.789. The summed E-state index contributed by atoms with van der Waals surface area (Å²) in [4.78, 5) is 0. The molecule has 0 saturated heterocycles. The van der Waals surface area contributed by atoms with Crippen LogP contribution in [0.1, 0.15) is 5.56 Å². The van der Waals surface area contributed by atoms with Gasteiger partial charge in [0.05, 0.1) is 5.56 Å². The number of alkyl halides is 2. The minimum Gasteiger partial charge on any atom is -0.435 e. The smallest absolute Gasteiger partial charge is 0.387 e. The Kier molecular flexibility index (Phi) is 2.80. The highest BCUT2D eigenvalue weighted by Gasteiger charge is 2.06. The number of ether oxygens (including phenoxy) is 1. The molecular weight excluding hydrogens is 181 g/mol. The van der Waals surface area contributed by atoms with E-state index in [-0.39, 0.29) is 11.3 Å². The van der Waals surface area contributed by atoms with E-state index < -0.39 is 12.4 Å². The minimum atomic E-state index is -2.96. The number of hydrogen-bond donors (Lipinski definition) is 0. The van der Waals surface area contributed by atoms with Crippen molar-refractivity contribution in [2.24, 2.45) is 0 Å². The molecule has 0 saturated carbocycles. The highest BCUT2D eigenvalue weighted by molar-refractivity contribution is 5.38. The molecule has 0 aliphatic heterocycles. The Bertz CT molecular complexity index is 341. The lowest BCUT2D eigenvalue weighted by molar-refractivity contribution is -0.0499. The highest BCUT2D eigenvalue weighted by atomic mass is 19.3. The summed E-state index contributed by atoms with van der Waals surface area (Å²) in [5.41, 5.74) is 0.0154. The fraction of sp³-hybridized carbons (Fsp3) is 0.111. The first-order valence-electron chi connectivity index (χ1n) is 3.34. The van der Waals surface area contributed by atoms with E-state index in [0.29, 0.717) is 0 Å². The lowest BCUT2D eigenvalue weighted by Crippen LogP contribution is -2.02. The van der Waals surface area contributed by atoms with Crippen LogP contribution in [-0.2, 0) is 0 Å². The Hall–Kier alpha value is -1.63. The number of benzene rings is 1. The average Bonchev–Trinajstić information content (AvgIpc) is 2.03. The predicted octanol–water partition coefficient (Wildman–Crippen LogP) is 2.41. The second kappa shape index (κ2) is 3.85. The van der Waals surface area contributed by atoms with Crippen LogP contribution >= 0.6 is 0 Å². The lowest BCUT2D eigenvalue weighted by atomic mass is 10.2. The molecule has 13 heavy (non-hydrogen) atoms. The first-order chi connectivity index (χ1) is 6.13. The van der Waals surface area contributed by atoms with E-state index >= 15 is 0 Å². The van der Waals surface area contributed by atoms with Gasteiger partial charge in [-0.3, -0.25) is 0 Å².